The SMILES string of the molecule is CCN(C(=O)C1(C(=O)NCCc2ccccc2)CC1)C1CCS(=O)(=O)C1. The summed E-state index contributed by atoms with van der Waals surface area (Å²) in [5.74, 6) is -0.298. The van der Waals surface area contributed by atoms with Crippen LogP contribution in [0.2, 0.25) is 0 Å². The molecule has 0 bridgehead atoms. The lowest BCUT2D eigenvalue weighted by atomic mass is 10.0. The third-order valence-electron chi connectivity index (χ3n) is 5.39. The van der Waals surface area contributed by atoms with E-state index in [1.165, 1.54) is 0 Å². The monoisotopic (exact) mass is 378 g/mol. The minimum Gasteiger partial charge on any atom is -0.355 e. The lowest BCUT2D eigenvalue weighted by molar-refractivity contribution is -0.145. The van der Waals surface area contributed by atoms with E-state index >= 15 is 0 Å². The molecule has 1 aliphatic heterocycles. The average molecular weight is 378 g/mol. The number of benzene rings is 1. The molecule has 2 aliphatic rings. The number of amides is 2. The van der Waals surface area contributed by atoms with Crippen LogP contribution in [0.15, 0.2) is 30.3 Å². The van der Waals surface area contributed by atoms with Gasteiger partial charge in [-0.3, -0.25) is 9.59 Å². The van der Waals surface area contributed by atoms with Crippen LogP contribution in [0.25, 0.3) is 0 Å². The standard InChI is InChI=1S/C19H26N2O4S/c1-2-21(16-9-13-26(24,25)14-16)18(23)19(10-11-19)17(22)20-12-8-15-6-4-3-5-7-15/h3-7,16H,2,8-14H2,1H3,(H,20,22). The number of hydrogen-bond donors (Lipinski definition) is 1. The summed E-state index contributed by atoms with van der Waals surface area (Å²) in [6.45, 7) is 2.76. The highest BCUT2D eigenvalue weighted by atomic mass is 32.2. The summed E-state index contributed by atoms with van der Waals surface area (Å²) >= 11 is 0. The van der Waals surface area contributed by atoms with Crippen LogP contribution in [0.3, 0.4) is 0 Å². The number of carbonyl (C=O) groups excluding carboxylic acids is 2. The van der Waals surface area contributed by atoms with Crippen molar-refractivity contribution in [3.05, 3.63) is 35.9 Å². The van der Waals surface area contributed by atoms with Gasteiger partial charge in [-0.2, -0.15) is 0 Å². The first kappa shape index (κ1) is 18.9. The molecule has 1 atom stereocenters. The van der Waals surface area contributed by atoms with Gasteiger partial charge in [0.2, 0.25) is 11.8 Å². The predicted octanol–water partition coefficient (Wildman–Crippen LogP) is 1.16. The Morgan fingerprint density at radius 2 is 1.92 bits per heavy atom. The lowest BCUT2D eigenvalue weighted by Crippen LogP contribution is -2.49. The van der Waals surface area contributed by atoms with Crippen LogP contribution >= 0.6 is 0 Å². The molecule has 1 N–H and O–H groups in total. The number of rotatable bonds is 7. The van der Waals surface area contributed by atoms with E-state index in [0.29, 0.717) is 32.4 Å². The van der Waals surface area contributed by atoms with Gasteiger partial charge >= 0.3 is 0 Å². The molecule has 1 saturated heterocycles. The Bertz CT molecular complexity index is 772. The first-order chi connectivity index (χ1) is 12.4. The summed E-state index contributed by atoms with van der Waals surface area (Å²) in [5.41, 5.74) is 0.148. The molecule has 1 heterocycles. The predicted molar refractivity (Wildman–Crippen MR) is 99.3 cm³/mol. The van der Waals surface area contributed by atoms with Crippen LogP contribution in [-0.2, 0) is 25.8 Å². The summed E-state index contributed by atoms with van der Waals surface area (Å²) in [4.78, 5) is 27.3. The van der Waals surface area contributed by atoms with Crippen molar-refractivity contribution >= 4 is 21.7 Å². The molecule has 0 aromatic heterocycles. The van der Waals surface area contributed by atoms with Crippen molar-refractivity contribution in [2.24, 2.45) is 5.41 Å². The Morgan fingerprint density at radius 3 is 2.46 bits per heavy atom. The van der Waals surface area contributed by atoms with Crippen LogP contribution in [-0.4, -0.2) is 55.8 Å². The van der Waals surface area contributed by atoms with Crippen molar-refractivity contribution in [1.29, 1.82) is 0 Å². The minimum absolute atomic E-state index is 0.0122. The van der Waals surface area contributed by atoms with Gasteiger partial charge in [0.25, 0.3) is 0 Å². The Balaban J connectivity index is 1.59. The van der Waals surface area contributed by atoms with E-state index in [4.69, 9.17) is 0 Å². The smallest absolute Gasteiger partial charge is 0.238 e. The molecule has 2 fully saturated rings. The molecule has 1 unspecified atom stereocenters. The zero-order chi connectivity index (χ0) is 18.8. The molecular formula is C19H26N2O4S. The quantitative estimate of drug-likeness (QED) is 0.722. The van der Waals surface area contributed by atoms with E-state index in [1.807, 2.05) is 37.3 Å². The number of nitrogens with zero attached hydrogens (tertiary/aromatic N) is 1. The highest BCUT2D eigenvalue weighted by molar-refractivity contribution is 7.91. The third-order valence-corrected chi connectivity index (χ3v) is 7.14. The molecular weight excluding hydrogens is 352 g/mol. The first-order valence-electron chi connectivity index (χ1n) is 9.22. The van der Waals surface area contributed by atoms with Gasteiger partial charge in [-0.1, -0.05) is 30.3 Å². The Hall–Kier alpha value is -1.89. The maximum absolute atomic E-state index is 13.0. The molecule has 0 spiro atoms. The van der Waals surface area contributed by atoms with Crippen molar-refractivity contribution in [2.75, 3.05) is 24.6 Å². The van der Waals surface area contributed by atoms with Crippen molar-refractivity contribution in [3.8, 4) is 0 Å². The van der Waals surface area contributed by atoms with Crippen LogP contribution in [0.1, 0.15) is 31.7 Å². The molecule has 2 amide bonds. The molecule has 142 valence electrons. The maximum Gasteiger partial charge on any atom is 0.238 e. The fraction of sp³-hybridized carbons (Fsp3) is 0.579. The zero-order valence-corrected chi connectivity index (χ0v) is 15.9. The second-order valence-electron chi connectivity index (χ2n) is 7.22. The van der Waals surface area contributed by atoms with Crippen molar-refractivity contribution in [3.63, 3.8) is 0 Å². The third kappa shape index (κ3) is 3.92. The average Bonchev–Trinajstić information content (AvgIpc) is 3.36. The second kappa shape index (κ2) is 7.39. The largest absolute Gasteiger partial charge is 0.355 e. The zero-order valence-electron chi connectivity index (χ0n) is 15.1. The number of hydrogen-bond acceptors (Lipinski definition) is 4. The Labute approximate surface area is 154 Å². The summed E-state index contributed by atoms with van der Waals surface area (Å²) < 4.78 is 23.5. The maximum atomic E-state index is 13.0. The highest BCUT2D eigenvalue weighted by Gasteiger charge is 2.58. The molecule has 1 saturated carbocycles. The first-order valence-corrected chi connectivity index (χ1v) is 11.0. The Kier molecular flexibility index (Phi) is 5.37. The van der Waals surface area contributed by atoms with Crippen molar-refractivity contribution in [2.45, 2.75) is 38.6 Å². The van der Waals surface area contributed by atoms with Crippen LogP contribution in [0, 0.1) is 5.41 Å². The van der Waals surface area contributed by atoms with Gasteiger partial charge in [-0.15, -0.1) is 0 Å². The highest BCUT2D eigenvalue weighted by Crippen LogP contribution is 2.48. The lowest BCUT2D eigenvalue weighted by Gasteiger charge is -2.30. The molecule has 6 nitrogen and oxygen atoms in total. The van der Waals surface area contributed by atoms with Gasteiger partial charge in [0.05, 0.1) is 11.5 Å². The minimum atomic E-state index is -3.07. The molecule has 1 aromatic rings. The second-order valence-corrected chi connectivity index (χ2v) is 9.45. The van der Waals surface area contributed by atoms with E-state index in [1.54, 1.807) is 4.90 Å². The van der Waals surface area contributed by atoms with Gasteiger partial charge in [0.1, 0.15) is 5.41 Å². The van der Waals surface area contributed by atoms with E-state index in [2.05, 4.69) is 5.32 Å². The van der Waals surface area contributed by atoms with E-state index in [-0.39, 0.29) is 29.4 Å². The van der Waals surface area contributed by atoms with Crippen LogP contribution < -0.4 is 5.32 Å². The van der Waals surface area contributed by atoms with Crippen LogP contribution in [0.4, 0.5) is 0 Å². The number of sulfone groups is 1. The summed E-state index contributed by atoms with van der Waals surface area (Å²) in [5, 5.41) is 2.90. The normalized spacial score (nSPS) is 22.6. The van der Waals surface area contributed by atoms with Gasteiger partial charge in [-0.05, 0) is 38.2 Å². The van der Waals surface area contributed by atoms with Gasteiger partial charge in [0.15, 0.2) is 9.84 Å². The fourth-order valence-electron chi connectivity index (χ4n) is 3.66. The van der Waals surface area contributed by atoms with Crippen molar-refractivity contribution < 1.29 is 18.0 Å². The summed E-state index contributed by atoms with van der Waals surface area (Å²) in [6, 6.07) is 9.57. The summed E-state index contributed by atoms with van der Waals surface area (Å²) in [6.07, 6.45) is 2.26. The van der Waals surface area contributed by atoms with E-state index < -0.39 is 15.3 Å². The molecule has 26 heavy (non-hydrogen) atoms. The van der Waals surface area contributed by atoms with E-state index in [0.717, 1.165) is 12.0 Å². The van der Waals surface area contributed by atoms with Gasteiger partial charge in [0, 0.05) is 19.1 Å². The molecule has 3 rings (SSSR count). The molecule has 1 aliphatic carbocycles. The number of nitrogens with one attached hydrogen (secondary N) is 1. The summed E-state index contributed by atoms with van der Waals surface area (Å²) in [7, 11) is -3.07. The fourth-order valence-corrected chi connectivity index (χ4v) is 5.39. The topological polar surface area (TPSA) is 83.6 Å². The molecule has 0 radical (unpaired) electrons. The molecule has 7 heteroatoms. The number of carbonyl (C=O) groups is 2. The van der Waals surface area contributed by atoms with Crippen LogP contribution in [0.5, 0.6) is 0 Å². The van der Waals surface area contributed by atoms with Gasteiger partial charge < -0.3 is 10.2 Å². The van der Waals surface area contributed by atoms with Gasteiger partial charge in [-0.25, -0.2) is 8.42 Å². The van der Waals surface area contributed by atoms with Crippen molar-refractivity contribution in [1.82, 2.24) is 10.2 Å². The Morgan fingerprint density at radius 1 is 1.23 bits per heavy atom. The van der Waals surface area contributed by atoms with E-state index in [9.17, 15) is 18.0 Å². The molecule has 1 aromatic carbocycles.